The number of piperidine rings is 1. The largest absolute Gasteiger partial charge is 0.497 e. The summed E-state index contributed by atoms with van der Waals surface area (Å²) in [5.41, 5.74) is 3.68. The lowest BCUT2D eigenvalue weighted by atomic mass is 9.73. The fourth-order valence-electron chi connectivity index (χ4n) is 5.73. The highest BCUT2D eigenvalue weighted by Crippen LogP contribution is 2.38. The predicted molar refractivity (Wildman–Crippen MR) is 139 cm³/mol. The van der Waals surface area contributed by atoms with Crippen molar-refractivity contribution < 1.29 is 19.1 Å². The molecule has 2 N–H and O–H groups in total. The number of nitrogens with zero attached hydrogens (tertiary/aromatic N) is 2. The van der Waals surface area contributed by atoms with Crippen LogP contribution in [-0.2, 0) is 17.9 Å². The lowest BCUT2D eigenvalue weighted by molar-refractivity contribution is -0.143. The molecule has 35 heavy (non-hydrogen) atoms. The van der Waals surface area contributed by atoms with E-state index in [1.807, 2.05) is 23.7 Å². The molecule has 1 aromatic heterocycles. The summed E-state index contributed by atoms with van der Waals surface area (Å²) in [4.78, 5) is 19.6. The van der Waals surface area contributed by atoms with Crippen molar-refractivity contribution in [2.75, 3.05) is 32.5 Å². The van der Waals surface area contributed by atoms with Gasteiger partial charge in [0.05, 0.1) is 18.0 Å². The number of nitrogens with one attached hydrogen (secondary N) is 1. The number of fused-ring (bicyclic) bond motifs is 1. The minimum atomic E-state index is -0.583. The van der Waals surface area contributed by atoms with Crippen LogP contribution < -0.4 is 10.2 Å². The Kier molecular flexibility index (Phi) is 9.25. The maximum atomic E-state index is 13.8. The zero-order chi connectivity index (χ0) is 24.7. The molecule has 1 aliphatic heterocycles. The normalized spacial score (nSPS) is 18.7. The minimum absolute atomic E-state index is 0.288. The van der Waals surface area contributed by atoms with E-state index in [1.54, 1.807) is 13.3 Å². The molecule has 0 bridgehead atoms. The molecule has 1 saturated carbocycles. The second-order valence-electron chi connectivity index (χ2n) is 9.97. The molecule has 1 amide bonds. The number of alkyl halides is 1. The Hall–Kier alpha value is -1.90. The van der Waals surface area contributed by atoms with Gasteiger partial charge >= 0.3 is 0 Å². The van der Waals surface area contributed by atoms with Crippen molar-refractivity contribution in [1.29, 1.82) is 0 Å². The molecule has 2 aliphatic rings. The number of rotatable bonds is 11. The van der Waals surface area contributed by atoms with Gasteiger partial charge in [-0.15, -0.1) is 0 Å². The van der Waals surface area contributed by atoms with Crippen LogP contribution in [0.3, 0.4) is 0 Å². The fourth-order valence-corrected chi connectivity index (χ4v) is 7.09. The van der Waals surface area contributed by atoms with E-state index in [2.05, 4.69) is 21.6 Å². The molecule has 0 radical (unpaired) electrons. The number of benzene rings is 1. The van der Waals surface area contributed by atoms with E-state index < -0.39 is 12.1 Å². The van der Waals surface area contributed by atoms with E-state index >= 15 is 0 Å². The molecule has 2 aromatic rings. The Morgan fingerprint density at radius 3 is 2.77 bits per heavy atom. The number of carbonyl (C=O) groups excluding carboxylic acids is 1. The SMILES string of the molecule is COc1ccc2ncc(CF)c(CCCC3(C(=O)NO)CCN(CCSC4CCCC4)CC3)c2c1. The average molecular weight is 504 g/mol. The van der Waals surface area contributed by atoms with E-state index in [-0.39, 0.29) is 5.91 Å². The number of hydrogen-bond donors (Lipinski definition) is 2. The Morgan fingerprint density at radius 1 is 1.31 bits per heavy atom. The van der Waals surface area contributed by atoms with Crippen LogP contribution in [0, 0.1) is 5.41 Å². The Balaban J connectivity index is 1.38. The summed E-state index contributed by atoms with van der Waals surface area (Å²) in [6, 6.07) is 5.66. The van der Waals surface area contributed by atoms with Crippen molar-refractivity contribution in [2.45, 2.75) is 69.7 Å². The first-order valence-corrected chi connectivity index (χ1v) is 13.9. The second-order valence-corrected chi connectivity index (χ2v) is 11.4. The van der Waals surface area contributed by atoms with Gasteiger partial charge in [0, 0.05) is 34.7 Å². The standard InChI is InChI=1S/C27H38FN3O3S/c1-34-21-8-9-25-24(17-21)23(20(18-28)19-29-25)7-4-10-27(26(32)30-33)11-13-31(14-12-27)15-16-35-22-5-2-3-6-22/h8-9,17,19,22,33H,2-7,10-16,18H2,1H3,(H,30,32). The summed E-state index contributed by atoms with van der Waals surface area (Å²) in [5.74, 6) is 1.57. The average Bonchev–Trinajstić information content (AvgIpc) is 3.42. The molecule has 2 fully saturated rings. The molecule has 192 valence electrons. The highest BCUT2D eigenvalue weighted by atomic mass is 32.2. The van der Waals surface area contributed by atoms with Gasteiger partial charge in [-0.05, 0) is 81.8 Å². The van der Waals surface area contributed by atoms with E-state index in [9.17, 15) is 14.4 Å². The monoisotopic (exact) mass is 503 g/mol. The number of pyridine rings is 1. The summed E-state index contributed by atoms with van der Waals surface area (Å²) in [6.45, 7) is 2.21. The number of thioether (sulfide) groups is 1. The number of amides is 1. The number of hydrogen-bond acceptors (Lipinski definition) is 6. The Bertz CT molecular complexity index is 986. The number of ether oxygens (including phenoxy) is 1. The molecule has 0 atom stereocenters. The van der Waals surface area contributed by atoms with Crippen LogP contribution in [0.1, 0.15) is 62.5 Å². The maximum Gasteiger partial charge on any atom is 0.249 e. The number of methoxy groups -OCH3 is 1. The van der Waals surface area contributed by atoms with Crippen LogP contribution in [0.2, 0.25) is 0 Å². The molecule has 1 aromatic carbocycles. The zero-order valence-corrected chi connectivity index (χ0v) is 21.5. The van der Waals surface area contributed by atoms with E-state index in [0.29, 0.717) is 24.2 Å². The molecule has 0 unspecified atom stereocenters. The number of hydroxylamine groups is 1. The van der Waals surface area contributed by atoms with Crippen LogP contribution in [0.25, 0.3) is 10.9 Å². The van der Waals surface area contributed by atoms with Crippen molar-refractivity contribution in [3.8, 4) is 5.75 Å². The summed E-state index contributed by atoms with van der Waals surface area (Å²) in [6.07, 6.45) is 10.6. The number of aromatic nitrogens is 1. The van der Waals surface area contributed by atoms with E-state index in [1.165, 1.54) is 25.7 Å². The number of carbonyl (C=O) groups is 1. The molecule has 1 aliphatic carbocycles. The molecule has 1 saturated heterocycles. The Morgan fingerprint density at radius 2 is 2.09 bits per heavy atom. The smallest absolute Gasteiger partial charge is 0.249 e. The highest BCUT2D eigenvalue weighted by molar-refractivity contribution is 7.99. The van der Waals surface area contributed by atoms with Crippen molar-refractivity contribution in [3.05, 3.63) is 35.5 Å². The molecule has 4 rings (SSSR count). The van der Waals surface area contributed by atoms with Crippen molar-refractivity contribution in [1.82, 2.24) is 15.4 Å². The quantitative estimate of drug-likeness (QED) is 0.320. The van der Waals surface area contributed by atoms with Crippen molar-refractivity contribution in [2.24, 2.45) is 5.41 Å². The predicted octanol–water partition coefficient (Wildman–Crippen LogP) is 5.30. The molecular formula is C27H38FN3O3S. The number of halogens is 1. The van der Waals surface area contributed by atoms with Crippen LogP contribution in [0.5, 0.6) is 5.75 Å². The Labute approximate surface area is 212 Å². The first-order valence-electron chi connectivity index (χ1n) is 12.9. The highest BCUT2D eigenvalue weighted by Gasteiger charge is 2.40. The van der Waals surface area contributed by atoms with Crippen molar-refractivity contribution in [3.63, 3.8) is 0 Å². The number of likely N-dealkylation sites (tertiary alicyclic amines) is 1. The second kappa shape index (κ2) is 12.4. The van der Waals surface area contributed by atoms with Gasteiger partial charge in [-0.3, -0.25) is 15.0 Å². The summed E-state index contributed by atoms with van der Waals surface area (Å²) in [5, 5.41) is 11.2. The van der Waals surface area contributed by atoms with Crippen molar-refractivity contribution >= 4 is 28.6 Å². The van der Waals surface area contributed by atoms with Gasteiger partial charge in [0.2, 0.25) is 5.91 Å². The molecule has 0 spiro atoms. The third kappa shape index (κ3) is 6.27. The van der Waals surface area contributed by atoms with Gasteiger partial charge in [0.25, 0.3) is 0 Å². The van der Waals surface area contributed by atoms with Gasteiger partial charge in [-0.25, -0.2) is 9.87 Å². The third-order valence-corrected chi connectivity index (χ3v) is 9.32. The van der Waals surface area contributed by atoms with Gasteiger partial charge in [0.15, 0.2) is 0 Å². The van der Waals surface area contributed by atoms with Crippen LogP contribution in [-0.4, -0.2) is 58.7 Å². The van der Waals surface area contributed by atoms with Gasteiger partial charge < -0.3 is 9.64 Å². The first kappa shape index (κ1) is 26.2. The minimum Gasteiger partial charge on any atom is -0.497 e. The fraction of sp³-hybridized carbons (Fsp3) is 0.630. The molecule has 8 heteroatoms. The van der Waals surface area contributed by atoms with Crippen LogP contribution in [0.15, 0.2) is 24.4 Å². The topological polar surface area (TPSA) is 74.7 Å². The summed E-state index contributed by atoms with van der Waals surface area (Å²) < 4.78 is 19.2. The molecular weight excluding hydrogens is 465 g/mol. The van der Waals surface area contributed by atoms with Gasteiger partial charge in [0.1, 0.15) is 12.4 Å². The summed E-state index contributed by atoms with van der Waals surface area (Å²) in [7, 11) is 1.62. The third-order valence-electron chi connectivity index (χ3n) is 7.96. The lowest BCUT2D eigenvalue weighted by Gasteiger charge is -2.40. The molecule has 2 heterocycles. The van der Waals surface area contributed by atoms with E-state index in [4.69, 9.17) is 4.74 Å². The summed E-state index contributed by atoms with van der Waals surface area (Å²) >= 11 is 2.10. The van der Waals surface area contributed by atoms with Crippen LogP contribution >= 0.6 is 11.8 Å². The first-order chi connectivity index (χ1) is 17.1. The van der Waals surface area contributed by atoms with Gasteiger partial charge in [-0.2, -0.15) is 11.8 Å². The van der Waals surface area contributed by atoms with Gasteiger partial charge in [-0.1, -0.05) is 12.8 Å². The van der Waals surface area contributed by atoms with E-state index in [0.717, 1.165) is 66.4 Å². The zero-order valence-electron chi connectivity index (χ0n) is 20.7. The maximum absolute atomic E-state index is 13.8. The molecule has 6 nitrogen and oxygen atoms in total. The van der Waals surface area contributed by atoms with Crippen LogP contribution in [0.4, 0.5) is 4.39 Å². The lowest BCUT2D eigenvalue weighted by Crippen LogP contribution is -2.48. The number of aryl methyl sites for hydroxylation is 1.